The van der Waals surface area contributed by atoms with E-state index < -0.39 is 0 Å². The Hall–Kier alpha value is -2.04. The summed E-state index contributed by atoms with van der Waals surface area (Å²) < 4.78 is 15.1. The highest BCUT2D eigenvalue weighted by Gasteiger charge is 2.12. The van der Waals surface area contributed by atoms with E-state index in [0.29, 0.717) is 22.6 Å². The molecule has 0 saturated heterocycles. The molecule has 0 spiro atoms. The monoisotopic (exact) mass is 206 g/mol. The minimum Gasteiger partial charge on any atom is -0.399 e. The number of benzene rings is 1. The van der Waals surface area contributed by atoms with Gasteiger partial charge in [-0.15, -0.1) is 0 Å². The number of hydrogen-bond acceptors (Lipinski definition) is 3. The van der Waals surface area contributed by atoms with Crippen LogP contribution in [-0.2, 0) is 7.05 Å². The van der Waals surface area contributed by atoms with Crippen molar-refractivity contribution in [3.05, 3.63) is 30.2 Å². The quantitative estimate of drug-likeness (QED) is 0.693. The van der Waals surface area contributed by atoms with Gasteiger partial charge in [0, 0.05) is 18.3 Å². The molecule has 0 bridgehead atoms. The molecule has 2 aromatic rings. The molecule has 0 amide bonds. The van der Waals surface area contributed by atoms with Gasteiger partial charge in [-0.3, -0.25) is 4.68 Å². The second-order valence-electron chi connectivity index (χ2n) is 3.31. The minimum atomic E-state index is -0.362. The van der Waals surface area contributed by atoms with E-state index in [-0.39, 0.29) is 5.82 Å². The molecule has 0 atom stereocenters. The van der Waals surface area contributed by atoms with Gasteiger partial charge in [-0.1, -0.05) is 0 Å². The molecule has 0 fully saturated rings. The summed E-state index contributed by atoms with van der Waals surface area (Å²) in [6.45, 7) is 0. The summed E-state index contributed by atoms with van der Waals surface area (Å²) in [6.07, 6.45) is 1.48. The van der Waals surface area contributed by atoms with E-state index in [9.17, 15) is 4.39 Å². The van der Waals surface area contributed by atoms with Crippen LogP contribution in [0.15, 0.2) is 24.4 Å². The van der Waals surface area contributed by atoms with Gasteiger partial charge >= 0.3 is 0 Å². The fourth-order valence-corrected chi connectivity index (χ4v) is 1.51. The number of nitrogens with two attached hydrogens (primary N) is 2. The van der Waals surface area contributed by atoms with Gasteiger partial charge < -0.3 is 11.5 Å². The predicted molar refractivity (Wildman–Crippen MR) is 57.4 cm³/mol. The first-order chi connectivity index (χ1) is 7.09. The Labute approximate surface area is 86.3 Å². The van der Waals surface area contributed by atoms with Crippen molar-refractivity contribution in [2.24, 2.45) is 7.05 Å². The Bertz CT molecular complexity index is 485. The van der Waals surface area contributed by atoms with E-state index in [2.05, 4.69) is 5.10 Å². The standard InChI is InChI=1S/C10H11FN4/c1-15-10(9(13)5-14-15)7-4-6(12)2-3-8(7)11/h2-5H,12-13H2,1H3. The van der Waals surface area contributed by atoms with Gasteiger partial charge in [-0.05, 0) is 18.2 Å². The van der Waals surface area contributed by atoms with E-state index in [1.807, 2.05) is 0 Å². The van der Waals surface area contributed by atoms with Crippen molar-refractivity contribution in [3.8, 4) is 11.3 Å². The van der Waals surface area contributed by atoms with Gasteiger partial charge in [-0.2, -0.15) is 5.10 Å². The Balaban J connectivity index is 2.68. The number of anilines is 2. The average Bonchev–Trinajstić information content (AvgIpc) is 2.51. The lowest BCUT2D eigenvalue weighted by atomic mass is 10.1. The summed E-state index contributed by atoms with van der Waals surface area (Å²) in [5.74, 6) is -0.362. The largest absolute Gasteiger partial charge is 0.399 e. The van der Waals surface area contributed by atoms with E-state index in [4.69, 9.17) is 11.5 Å². The minimum absolute atomic E-state index is 0.362. The van der Waals surface area contributed by atoms with Crippen LogP contribution in [0.4, 0.5) is 15.8 Å². The molecule has 78 valence electrons. The zero-order valence-electron chi connectivity index (χ0n) is 8.24. The van der Waals surface area contributed by atoms with Crippen molar-refractivity contribution in [1.82, 2.24) is 9.78 Å². The Morgan fingerprint density at radius 3 is 2.67 bits per heavy atom. The van der Waals surface area contributed by atoms with Gasteiger partial charge in [0.05, 0.1) is 17.6 Å². The van der Waals surface area contributed by atoms with E-state index >= 15 is 0 Å². The number of nitrogens with zero attached hydrogens (tertiary/aromatic N) is 2. The van der Waals surface area contributed by atoms with Gasteiger partial charge in [0.1, 0.15) is 5.82 Å². The SMILES string of the molecule is Cn1ncc(N)c1-c1cc(N)ccc1F. The number of rotatable bonds is 1. The van der Waals surface area contributed by atoms with Crippen LogP contribution in [0.25, 0.3) is 11.3 Å². The van der Waals surface area contributed by atoms with Crippen LogP contribution in [0.3, 0.4) is 0 Å². The van der Waals surface area contributed by atoms with Crippen LogP contribution in [0, 0.1) is 5.82 Å². The molecule has 2 rings (SSSR count). The first-order valence-electron chi connectivity index (χ1n) is 4.42. The maximum atomic E-state index is 13.5. The smallest absolute Gasteiger partial charge is 0.132 e. The lowest BCUT2D eigenvalue weighted by molar-refractivity contribution is 0.628. The Morgan fingerprint density at radius 2 is 2.07 bits per heavy atom. The normalized spacial score (nSPS) is 10.5. The Morgan fingerprint density at radius 1 is 1.33 bits per heavy atom. The number of nitrogen functional groups attached to an aromatic ring is 2. The lowest BCUT2D eigenvalue weighted by Crippen LogP contribution is -1.99. The molecular formula is C10H11FN4. The van der Waals surface area contributed by atoms with Gasteiger partial charge in [0.2, 0.25) is 0 Å². The molecule has 0 unspecified atom stereocenters. The lowest BCUT2D eigenvalue weighted by Gasteiger charge is -2.06. The third kappa shape index (κ3) is 1.52. The molecule has 4 N–H and O–H groups in total. The summed E-state index contributed by atoms with van der Waals surface area (Å²) in [6, 6.07) is 4.37. The van der Waals surface area contributed by atoms with E-state index in [0.717, 1.165) is 0 Å². The van der Waals surface area contributed by atoms with Crippen molar-refractivity contribution < 1.29 is 4.39 Å². The summed E-state index contributed by atoms with van der Waals surface area (Å²) in [4.78, 5) is 0. The van der Waals surface area contributed by atoms with Crippen LogP contribution in [0.2, 0.25) is 0 Å². The van der Waals surface area contributed by atoms with Crippen LogP contribution in [0.5, 0.6) is 0 Å². The van der Waals surface area contributed by atoms with Gasteiger partial charge in [-0.25, -0.2) is 4.39 Å². The summed E-state index contributed by atoms with van der Waals surface area (Å²) >= 11 is 0. The maximum absolute atomic E-state index is 13.5. The molecule has 4 nitrogen and oxygen atoms in total. The highest BCUT2D eigenvalue weighted by atomic mass is 19.1. The summed E-state index contributed by atoms with van der Waals surface area (Å²) in [5.41, 5.74) is 13.1. The zero-order chi connectivity index (χ0) is 11.0. The topological polar surface area (TPSA) is 69.9 Å². The molecule has 0 aliphatic carbocycles. The predicted octanol–water partition coefficient (Wildman–Crippen LogP) is 1.39. The van der Waals surface area contributed by atoms with Crippen LogP contribution >= 0.6 is 0 Å². The second-order valence-corrected chi connectivity index (χ2v) is 3.31. The molecule has 0 aliphatic rings. The van der Waals surface area contributed by atoms with E-state index in [1.165, 1.54) is 23.0 Å². The van der Waals surface area contributed by atoms with Crippen LogP contribution in [0.1, 0.15) is 0 Å². The summed E-state index contributed by atoms with van der Waals surface area (Å²) in [7, 11) is 1.70. The number of hydrogen-bond donors (Lipinski definition) is 2. The first-order valence-corrected chi connectivity index (χ1v) is 4.42. The highest BCUT2D eigenvalue weighted by Crippen LogP contribution is 2.28. The molecule has 15 heavy (non-hydrogen) atoms. The molecule has 1 aromatic heterocycles. The van der Waals surface area contributed by atoms with Crippen molar-refractivity contribution in [1.29, 1.82) is 0 Å². The number of halogens is 1. The third-order valence-corrected chi connectivity index (χ3v) is 2.21. The maximum Gasteiger partial charge on any atom is 0.132 e. The van der Waals surface area contributed by atoms with Crippen molar-refractivity contribution in [2.45, 2.75) is 0 Å². The molecule has 0 radical (unpaired) electrons. The molecule has 0 aliphatic heterocycles. The number of aromatic nitrogens is 2. The third-order valence-electron chi connectivity index (χ3n) is 2.21. The fraction of sp³-hybridized carbons (Fsp3) is 0.100. The molecular weight excluding hydrogens is 195 g/mol. The fourth-order valence-electron chi connectivity index (χ4n) is 1.51. The van der Waals surface area contributed by atoms with Gasteiger partial charge in [0.25, 0.3) is 0 Å². The average molecular weight is 206 g/mol. The highest BCUT2D eigenvalue weighted by molar-refractivity contribution is 5.75. The molecule has 0 saturated carbocycles. The Kier molecular flexibility index (Phi) is 2.07. The van der Waals surface area contributed by atoms with Crippen LogP contribution < -0.4 is 11.5 Å². The van der Waals surface area contributed by atoms with E-state index in [1.54, 1.807) is 13.1 Å². The number of aryl methyl sites for hydroxylation is 1. The molecule has 5 heteroatoms. The van der Waals surface area contributed by atoms with Crippen LogP contribution in [-0.4, -0.2) is 9.78 Å². The van der Waals surface area contributed by atoms with Crippen molar-refractivity contribution >= 4 is 11.4 Å². The summed E-state index contributed by atoms with van der Waals surface area (Å²) in [5, 5.41) is 3.95. The molecule has 1 aromatic carbocycles. The van der Waals surface area contributed by atoms with Gasteiger partial charge in [0.15, 0.2) is 0 Å². The second kappa shape index (κ2) is 3.27. The molecule has 1 heterocycles. The zero-order valence-corrected chi connectivity index (χ0v) is 8.24. The first kappa shape index (κ1) is 9.51. The van der Waals surface area contributed by atoms with Crippen molar-refractivity contribution in [2.75, 3.05) is 11.5 Å². The van der Waals surface area contributed by atoms with Crippen molar-refractivity contribution in [3.63, 3.8) is 0 Å².